The molecule has 15 heavy (non-hydrogen) atoms. The van der Waals surface area contributed by atoms with E-state index < -0.39 is 0 Å². The quantitative estimate of drug-likeness (QED) is 0.644. The Balaban J connectivity index is 1.90. The molecule has 1 fully saturated rings. The third-order valence-electron chi connectivity index (χ3n) is 2.90. The average Bonchev–Trinajstić information content (AvgIpc) is 2.66. The topological polar surface area (TPSA) is 16.1 Å². The van der Waals surface area contributed by atoms with Crippen LogP contribution in [0.25, 0.3) is 0 Å². The summed E-state index contributed by atoms with van der Waals surface area (Å²) in [5.74, 6) is 6.40. The molecular weight excluding hydrogens is 184 g/mol. The first-order valence-electron chi connectivity index (χ1n) is 5.45. The molecule has 1 aliphatic rings. The van der Waals surface area contributed by atoms with Gasteiger partial charge in [-0.15, -0.1) is 0 Å². The lowest BCUT2D eigenvalue weighted by Crippen LogP contribution is -2.23. The summed E-state index contributed by atoms with van der Waals surface area (Å²) in [6.45, 7) is 1.22. The number of rotatable bonds is 1. The molecule has 0 aromatic carbocycles. The normalized spacial score (nSPS) is 21.0. The van der Waals surface area contributed by atoms with Crippen molar-refractivity contribution < 1.29 is 0 Å². The Hall–Kier alpha value is -1.33. The van der Waals surface area contributed by atoms with E-state index >= 15 is 0 Å². The van der Waals surface area contributed by atoms with Crippen LogP contribution < -0.4 is 0 Å². The zero-order valence-corrected chi connectivity index (χ0v) is 9.11. The van der Waals surface area contributed by atoms with Crippen LogP contribution in [-0.4, -0.2) is 29.5 Å². The summed E-state index contributed by atoms with van der Waals surface area (Å²) < 4.78 is 0. The fraction of sp³-hybridized carbons (Fsp3) is 0.462. The second-order valence-corrected chi connectivity index (χ2v) is 4.02. The van der Waals surface area contributed by atoms with Gasteiger partial charge in [0.2, 0.25) is 0 Å². The van der Waals surface area contributed by atoms with Crippen LogP contribution >= 0.6 is 0 Å². The molecule has 0 unspecified atom stereocenters. The zero-order chi connectivity index (χ0) is 10.5. The minimum absolute atomic E-state index is 0.661. The second-order valence-electron chi connectivity index (χ2n) is 4.02. The van der Waals surface area contributed by atoms with E-state index in [0.717, 1.165) is 12.0 Å². The molecule has 1 saturated heterocycles. The highest BCUT2D eigenvalue weighted by Crippen LogP contribution is 2.16. The van der Waals surface area contributed by atoms with Crippen molar-refractivity contribution in [2.24, 2.45) is 0 Å². The van der Waals surface area contributed by atoms with Crippen molar-refractivity contribution in [3.63, 3.8) is 0 Å². The highest BCUT2D eigenvalue weighted by atomic mass is 15.1. The minimum atomic E-state index is 0.661. The average molecular weight is 200 g/mol. The standard InChI is InChI=1S/C13H16N2/c1-15-10-4-8-13(15)7-2-5-12-6-3-9-14-11-12/h3,6,9,11,13H,4,7-8,10H2,1H3/t13-/m1/s1. The Morgan fingerprint density at radius 1 is 1.60 bits per heavy atom. The zero-order valence-electron chi connectivity index (χ0n) is 9.11. The predicted molar refractivity (Wildman–Crippen MR) is 61.4 cm³/mol. The van der Waals surface area contributed by atoms with Gasteiger partial charge in [0.15, 0.2) is 0 Å². The molecule has 78 valence electrons. The third-order valence-corrected chi connectivity index (χ3v) is 2.90. The highest BCUT2D eigenvalue weighted by Gasteiger charge is 2.18. The molecule has 0 saturated carbocycles. The van der Waals surface area contributed by atoms with Gasteiger partial charge in [0.05, 0.1) is 0 Å². The van der Waals surface area contributed by atoms with Gasteiger partial charge in [0.1, 0.15) is 0 Å². The fourth-order valence-corrected chi connectivity index (χ4v) is 1.94. The van der Waals surface area contributed by atoms with E-state index in [9.17, 15) is 0 Å². The molecule has 1 aromatic heterocycles. The number of nitrogens with zero attached hydrogens (tertiary/aromatic N) is 2. The molecule has 0 N–H and O–H groups in total. The molecule has 2 rings (SSSR count). The lowest BCUT2D eigenvalue weighted by molar-refractivity contribution is 0.315. The predicted octanol–water partition coefficient (Wildman–Crippen LogP) is 1.92. The maximum atomic E-state index is 4.04. The van der Waals surface area contributed by atoms with Gasteiger partial charge in [-0.25, -0.2) is 0 Å². The summed E-state index contributed by atoms with van der Waals surface area (Å²) in [5, 5.41) is 0. The summed E-state index contributed by atoms with van der Waals surface area (Å²) in [4.78, 5) is 6.44. The van der Waals surface area contributed by atoms with E-state index in [1.54, 1.807) is 6.20 Å². The monoisotopic (exact) mass is 200 g/mol. The van der Waals surface area contributed by atoms with Gasteiger partial charge >= 0.3 is 0 Å². The maximum absolute atomic E-state index is 4.04. The molecular formula is C13H16N2. The smallest absolute Gasteiger partial charge is 0.0428 e. The third kappa shape index (κ3) is 2.81. The molecule has 0 spiro atoms. The van der Waals surface area contributed by atoms with Gasteiger partial charge in [-0.1, -0.05) is 11.8 Å². The molecule has 0 bridgehead atoms. The van der Waals surface area contributed by atoms with Crippen LogP contribution in [0.4, 0.5) is 0 Å². The van der Waals surface area contributed by atoms with Crippen LogP contribution in [0.5, 0.6) is 0 Å². The molecule has 2 heterocycles. The maximum Gasteiger partial charge on any atom is 0.0428 e. The van der Waals surface area contributed by atoms with Gasteiger partial charge in [-0.2, -0.15) is 0 Å². The first-order chi connectivity index (χ1) is 7.36. The number of hydrogen-bond donors (Lipinski definition) is 0. The van der Waals surface area contributed by atoms with E-state index in [0.29, 0.717) is 6.04 Å². The highest BCUT2D eigenvalue weighted by molar-refractivity contribution is 5.31. The first-order valence-corrected chi connectivity index (χ1v) is 5.45. The number of aromatic nitrogens is 1. The van der Waals surface area contributed by atoms with Gasteiger partial charge in [-0.05, 0) is 38.6 Å². The number of likely N-dealkylation sites (tertiary alicyclic amines) is 1. The summed E-state index contributed by atoms with van der Waals surface area (Å²) in [6.07, 6.45) is 7.17. The summed E-state index contributed by atoms with van der Waals surface area (Å²) in [6, 6.07) is 4.58. The van der Waals surface area contributed by atoms with E-state index in [1.165, 1.54) is 19.4 Å². The minimum Gasteiger partial charge on any atom is -0.302 e. The van der Waals surface area contributed by atoms with Crippen LogP contribution in [0.2, 0.25) is 0 Å². The van der Waals surface area contributed by atoms with E-state index in [4.69, 9.17) is 0 Å². The molecule has 1 aromatic rings. The van der Waals surface area contributed by atoms with Gasteiger partial charge in [0.25, 0.3) is 0 Å². The van der Waals surface area contributed by atoms with Crippen molar-refractivity contribution in [1.29, 1.82) is 0 Å². The number of pyridine rings is 1. The molecule has 1 atom stereocenters. The van der Waals surface area contributed by atoms with Crippen LogP contribution in [0.3, 0.4) is 0 Å². The molecule has 0 radical (unpaired) electrons. The Bertz CT molecular complexity index is 361. The Labute approximate surface area is 91.3 Å². The van der Waals surface area contributed by atoms with Crippen LogP contribution in [0.1, 0.15) is 24.8 Å². The summed E-state index contributed by atoms with van der Waals surface area (Å²) in [7, 11) is 2.18. The van der Waals surface area contributed by atoms with E-state index in [-0.39, 0.29) is 0 Å². The number of hydrogen-bond acceptors (Lipinski definition) is 2. The van der Waals surface area contributed by atoms with Gasteiger partial charge in [0, 0.05) is 30.4 Å². The molecule has 0 aliphatic carbocycles. The Kier molecular flexibility index (Phi) is 3.37. The fourth-order valence-electron chi connectivity index (χ4n) is 1.94. The van der Waals surface area contributed by atoms with Crippen molar-refractivity contribution in [3.8, 4) is 11.8 Å². The Morgan fingerprint density at radius 3 is 3.20 bits per heavy atom. The SMILES string of the molecule is CN1CCC[C@H]1CC#Cc1cccnc1. The second kappa shape index (κ2) is 4.95. The van der Waals surface area contributed by atoms with Crippen LogP contribution in [0.15, 0.2) is 24.5 Å². The van der Waals surface area contributed by atoms with Crippen molar-refractivity contribution >= 4 is 0 Å². The van der Waals surface area contributed by atoms with E-state index in [1.807, 2.05) is 18.3 Å². The molecule has 1 aliphatic heterocycles. The van der Waals surface area contributed by atoms with Crippen molar-refractivity contribution in [1.82, 2.24) is 9.88 Å². The Morgan fingerprint density at radius 2 is 2.53 bits per heavy atom. The molecule has 0 amide bonds. The summed E-state index contributed by atoms with van der Waals surface area (Å²) >= 11 is 0. The first kappa shape index (κ1) is 10.2. The van der Waals surface area contributed by atoms with Crippen molar-refractivity contribution in [2.75, 3.05) is 13.6 Å². The van der Waals surface area contributed by atoms with Gasteiger partial charge < -0.3 is 4.90 Å². The van der Waals surface area contributed by atoms with Crippen molar-refractivity contribution in [3.05, 3.63) is 30.1 Å². The van der Waals surface area contributed by atoms with Gasteiger partial charge in [-0.3, -0.25) is 4.98 Å². The van der Waals surface area contributed by atoms with Crippen molar-refractivity contribution in [2.45, 2.75) is 25.3 Å². The molecule has 2 nitrogen and oxygen atoms in total. The largest absolute Gasteiger partial charge is 0.302 e. The van der Waals surface area contributed by atoms with E-state index in [2.05, 4.69) is 28.8 Å². The lowest BCUT2D eigenvalue weighted by atomic mass is 10.1. The molecule has 2 heteroatoms. The summed E-state index contributed by atoms with van der Waals surface area (Å²) in [5.41, 5.74) is 1.01. The van der Waals surface area contributed by atoms with Crippen LogP contribution in [0, 0.1) is 11.8 Å². The lowest BCUT2D eigenvalue weighted by Gasteiger charge is -2.15. The van der Waals surface area contributed by atoms with Crippen LogP contribution in [-0.2, 0) is 0 Å².